The lowest BCUT2D eigenvalue weighted by molar-refractivity contribution is -0.120. The molecular weight excluding hydrogens is 282 g/mol. The van der Waals surface area contributed by atoms with E-state index >= 15 is 0 Å². The molecule has 0 radical (unpaired) electrons. The number of hydrogen-bond acceptors (Lipinski definition) is 3. The van der Waals surface area contributed by atoms with Gasteiger partial charge in [-0.3, -0.25) is 4.79 Å². The number of nitrogens with one attached hydrogen (secondary N) is 1. The van der Waals surface area contributed by atoms with Gasteiger partial charge in [-0.15, -0.1) is 11.8 Å². The number of aromatic hydroxyl groups is 1. The van der Waals surface area contributed by atoms with Gasteiger partial charge in [-0.25, -0.2) is 0 Å². The van der Waals surface area contributed by atoms with Crippen LogP contribution in [-0.2, 0) is 11.2 Å². The molecule has 1 amide bonds. The molecule has 0 saturated heterocycles. The summed E-state index contributed by atoms with van der Waals surface area (Å²) in [5.74, 6) is 1.23. The minimum Gasteiger partial charge on any atom is -0.508 e. The Kier molecular flexibility index (Phi) is 6.16. The van der Waals surface area contributed by atoms with Gasteiger partial charge < -0.3 is 10.4 Å². The molecule has 0 heterocycles. The van der Waals surface area contributed by atoms with Gasteiger partial charge in [-0.2, -0.15) is 0 Å². The SMILES string of the molecule is O=C(Cc1ccc(O)cc1)NCCCSc1ccccc1. The lowest BCUT2D eigenvalue weighted by Gasteiger charge is -2.05. The van der Waals surface area contributed by atoms with Crippen molar-refractivity contribution < 1.29 is 9.90 Å². The third-order valence-electron chi connectivity index (χ3n) is 2.96. The monoisotopic (exact) mass is 301 g/mol. The van der Waals surface area contributed by atoms with Crippen LogP contribution in [0, 0.1) is 0 Å². The molecule has 2 N–H and O–H groups in total. The Morgan fingerprint density at radius 3 is 2.48 bits per heavy atom. The first-order valence-corrected chi connectivity index (χ1v) is 7.95. The van der Waals surface area contributed by atoms with E-state index in [2.05, 4.69) is 17.4 Å². The highest BCUT2D eigenvalue weighted by Gasteiger charge is 2.02. The molecule has 3 nitrogen and oxygen atoms in total. The van der Waals surface area contributed by atoms with E-state index in [4.69, 9.17) is 0 Å². The third-order valence-corrected chi connectivity index (χ3v) is 4.05. The number of carbonyl (C=O) groups excluding carboxylic acids is 1. The van der Waals surface area contributed by atoms with Crippen molar-refractivity contribution in [3.8, 4) is 5.75 Å². The van der Waals surface area contributed by atoms with Crippen molar-refractivity contribution >= 4 is 17.7 Å². The van der Waals surface area contributed by atoms with Crippen LogP contribution in [-0.4, -0.2) is 23.3 Å². The number of benzene rings is 2. The maximum atomic E-state index is 11.8. The molecule has 0 aliphatic rings. The highest BCUT2D eigenvalue weighted by atomic mass is 32.2. The van der Waals surface area contributed by atoms with Gasteiger partial charge >= 0.3 is 0 Å². The van der Waals surface area contributed by atoms with Gasteiger partial charge in [0.15, 0.2) is 0 Å². The van der Waals surface area contributed by atoms with E-state index in [1.54, 1.807) is 36.0 Å². The first-order valence-electron chi connectivity index (χ1n) is 6.96. The van der Waals surface area contributed by atoms with Crippen molar-refractivity contribution in [2.24, 2.45) is 0 Å². The minimum atomic E-state index is 0.0189. The van der Waals surface area contributed by atoms with Gasteiger partial charge in [0.05, 0.1) is 6.42 Å². The Labute approximate surface area is 129 Å². The molecule has 0 saturated carbocycles. The summed E-state index contributed by atoms with van der Waals surface area (Å²) in [6.45, 7) is 0.691. The molecule has 21 heavy (non-hydrogen) atoms. The maximum Gasteiger partial charge on any atom is 0.224 e. The van der Waals surface area contributed by atoms with Crippen LogP contribution in [0.3, 0.4) is 0 Å². The van der Waals surface area contributed by atoms with E-state index in [1.165, 1.54) is 4.90 Å². The van der Waals surface area contributed by atoms with E-state index in [9.17, 15) is 9.90 Å². The standard InChI is InChI=1S/C17H19NO2S/c19-15-9-7-14(8-10-15)13-17(20)18-11-4-12-21-16-5-2-1-3-6-16/h1-3,5-10,19H,4,11-13H2,(H,18,20). The molecule has 0 bridgehead atoms. The molecule has 2 aromatic carbocycles. The zero-order valence-corrected chi connectivity index (χ0v) is 12.6. The topological polar surface area (TPSA) is 49.3 Å². The highest BCUT2D eigenvalue weighted by Crippen LogP contribution is 2.17. The Morgan fingerprint density at radius 1 is 1.05 bits per heavy atom. The number of phenolic OH excluding ortho intramolecular Hbond substituents is 1. The first-order chi connectivity index (χ1) is 10.2. The number of amides is 1. The van der Waals surface area contributed by atoms with Crippen LogP contribution in [0.2, 0.25) is 0 Å². The second-order valence-corrected chi connectivity index (χ2v) is 5.88. The number of thioether (sulfide) groups is 1. The zero-order valence-electron chi connectivity index (χ0n) is 11.8. The first kappa shape index (κ1) is 15.4. The van der Waals surface area contributed by atoms with Crippen LogP contribution >= 0.6 is 11.8 Å². The Bertz CT molecular complexity index is 555. The van der Waals surface area contributed by atoms with Crippen LogP contribution in [0.5, 0.6) is 5.75 Å². The molecule has 2 rings (SSSR count). The maximum absolute atomic E-state index is 11.8. The summed E-state index contributed by atoms with van der Waals surface area (Å²) in [5.41, 5.74) is 0.906. The fourth-order valence-corrected chi connectivity index (χ4v) is 2.74. The lowest BCUT2D eigenvalue weighted by atomic mass is 10.1. The molecule has 0 fully saturated rings. The number of carbonyl (C=O) groups is 1. The van der Waals surface area contributed by atoms with Crippen molar-refractivity contribution in [2.75, 3.05) is 12.3 Å². The zero-order chi connectivity index (χ0) is 14.9. The fourth-order valence-electron chi connectivity index (χ4n) is 1.87. The summed E-state index contributed by atoms with van der Waals surface area (Å²) in [4.78, 5) is 13.0. The van der Waals surface area contributed by atoms with Crippen LogP contribution in [0.25, 0.3) is 0 Å². The van der Waals surface area contributed by atoms with Crippen LogP contribution in [0.1, 0.15) is 12.0 Å². The molecule has 2 aromatic rings. The fraction of sp³-hybridized carbons (Fsp3) is 0.235. The summed E-state index contributed by atoms with van der Waals surface area (Å²) in [6, 6.07) is 17.0. The van der Waals surface area contributed by atoms with Crippen molar-refractivity contribution in [2.45, 2.75) is 17.7 Å². The van der Waals surface area contributed by atoms with Gasteiger partial charge in [0.1, 0.15) is 5.75 Å². The van der Waals surface area contributed by atoms with E-state index < -0.39 is 0 Å². The predicted octanol–water partition coefficient (Wildman–Crippen LogP) is 3.23. The average Bonchev–Trinajstić information content (AvgIpc) is 2.50. The number of phenols is 1. The lowest BCUT2D eigenvalue weighted by Crippen LogP contribution is -2.26. The molecule has 0 atom stereocenters. The van der Waals surface area contributed by atoms with E-state index in [-0.39, 0.29) is 11.7 Å². The van der Waals surface area contributed by atoms with Crippen LogP contribution in [0.15, 0.2) is 59.5 Å². The largest absolute Gasteiger partial charge is 0.508 e. The molecular formula is C17H19NO2S. The quantitative estimate of drug-likeness (QED) is 0.610. The summed E-state index contributed by atoms with van der Waals surface area (Å²) in [7, 11) is 0. The second kappa shape index (κ2) is 8.37. The van der Waals surface area contributed by atoms with Gasteiger partial charge in [0, 0.05) is 11.4 Å². The highest BCUT2D eigenvalue weighted by molar-refractivity contribution is 7.99. The summed E-state index contributed by atoms with van der Waals surface area (Å²) >= 11 is 1.80. The Morgan fingerprint density at radius 2 is 1.76 bits per heavy atom. The predicted molar refractivity (Wildman–Crippen MR) is 86.6 cm³/mol. The second-order valence-electron chi connectivity index (χ2n) is 4.71. The molecule has 0 aliphatic carbocycles. The van der Waals surface area contributed by atoms with Gasteiger partial charge in [0.2, 0.25) is 5.91 Å². The van der Waals surface area contributed by atoms with Crippen LogP contribution < -0.4 is 5.32 Å². The van der Waals surface area contributed by atoms with Crippen molar-refractivity contribution in [3.63, 3.8) is 0 Å². The number of rotatable bonds is 7. The van der Waals surface area contributed by atoms with Crippen molar-refractivity contribution in [1.29, 1.82) is 0 Å². The summed E-state index contributed by atoms with van der Waals surface area (Å²) in [5, 5.41) is 12.1. The molecule has 4 heteroatoms. The Hall–Kier alpha value is -1.94. The third kappa shape index (κ3) is 5.92. The smallest absolute Gasteiger partial charge is 0.224 e. The molecule has 0 aliphatic heterocycles. The van der Waals surface area contributed by atoms with E-state index in [0.29, 0.717) is 13.0 Å². The minimum absolute atomic E-state index is 0.0189. The van der Waals surface area contributed by atoms with E-state index in [0.717, 1.165) is 17.7 Å². The van der Waals surface area contributed by atoms with Crippen molar-refractivity contribution in [1.82, 2.24) is 5.32 Å². The molecule has 0 aromatic heterocycles. The molecule has 0 spiro atoms. The Balaban J connectivity index is 1.60. The number of hydrogen-bond donors (Lipinski definition) is 2. The van der Waals surface area contributed by atoms with Crippen LogP contribution in [0.4, 0.5) is 0 Å². The average molecular weight is 301 g/mol. The normalized spacial score (nSPS) is 10.3. The van der Waals surface area contributed by atoms with Gasteiger partial charge in [-0.05, 0) is 42.0 Å². The summed E-state index contributed by atoms with van der Waals surface area (Å²) < 4.78 is 0. The molecule has 110 valence electrons. The van der Waals surface area contributed by atoms with E-state index in [1.807, 2.05) is 18.2 Å². The molecule has 0 unspecified atom stereocenters. The summed E-state index contributed by atoms with van der Waals surface area (Å²) in [6.07, 6.45) is 1.30. The van der Waals surface area contributed by atoms with Gasteiger partial charge in [-0.1, -0.05) is 30.3 Å². The van der Waals surface area contributed by atoms with Crippen molar-refractivity contribution in [3.05, 3.63) is 60.2 Å². The van der Waals surface area contributed by atoms with Gasteiger partial charge in [0.25, 0.3) is 0 Å².